The number of carboxylic acid groups (broad SMARTS) is 1. The molecule has 1 fully saturated rings. The van der Waals surface area contributed by atoms with E-state index in [0.717, 1.165) is 4.31 Å². The molecule has 1 saturated heterocycles. The van der Waals surface area contributed by atoms with Crippen LogP contribution in [-0.2, 0) is 19.6 Å². The molecule has 0 radical (unpaired) electrons. The fraction of sp³-hybridized carbons (Fsp3) is 0.833. The molecule has 7 nitrogen and oxygen atoms in total. The normalized spacial score (nSPS) is 21.6. The number of carbonyl (C=O) groups excluding carboxylic acids is 1. The zero-order valence-electron chi connectivity index (χ0n) is 12.0. The van der Waals surface area contributed by atoms with Crippen molar-refractivity contribution in [2.24, 2.45) is 5.92 Å². The highest BCUT2D eigenvalue weighted by molar-refractivity contribution is 7.89. The lowest BCUT2D eigenvalue weighted by Gasteiger charge is -2.34. The van der Waals surface area contributed by atoms with Crippen molar-refractivity contribution in [3.63, 3.8) is 0 Å². The van der Waals surface area contributed by atoms with Crippen LogP contribution in [0.15, 0.2) is 0 Å². The smallest absolute Gasteiger partial charge is 0.305 e. The van der Waals surface area contributed by atoms with Gasteiger partial charge in [0, 0.05) is 12.1 Å². The molecule has 1 unspecified atom stereocenters. The maximum Gasteiger partial charge on any atom is 0.305 e. The van der Waals surface area contributed by atoms with Crippen LogP contribution in [0.1, 0.15) is 33.6 Å². The number of aliphatic carboxylic acids is 1. The Balaban J connectivity index is 2.70. The number of carboxylic acids is 1. The highest BCUT2D eigenvalue weighted by Crippen LogP contribution is 2.21. The Morgan fingerprint density at radius 1 is 1.40 bits per heavy atom. The molecule has 1 rings (SSSR count). The summed E-state index contributed by atoms with van der Waals surface area (Å²) in [5, 5.41) is 11.6. The number of nitrogens with zero attached hydrogens (tertiary/aromatic N) is 1. The summed E-state index contributed by atoms with van der Waals surface area (Å²) in [6, 6.07) is 0. The summed E-state index contributed by atoms with van der Waals surface area (Å²) in [5.41, 5.74) is -0.896. The summed E-state index contributed by atoms with van der Waals surface area (Å²) in [4.78, 5) is 22.9. The lowest BCUT2D eigenvalue weighted by Crippen LogP contribution is -2.53. The second-order valence-corrected chi connectivity index (χ2v) is 7.78. The fourth-order valence-corrected chi connectivity index (χ4v) is 3.57. The summed E-state index contributed by atoms with van der Waals surface area (Å²) < 4.78 is 24.4. The van der Waals surface area contributed by atoms with Gasteiger partial charge in [0.25, 0.3) is 0 Å². The Kier molecular flexibility index (Phi) is 5.15. The molecular formula is C12H22N2O5S. The maximum absolute atomic E-state index is 12.0. The van der Waals surface area contributed by atoms with E-state index >= 15 is 0 Å². The number of amides is 1. The van der Waals surface area contributed by atoms with Crippen molar-refractivity contribution in [2.45, 2.75) is 39.2 Å². The van der Waals surface area contributed by atoms with E-state index in [1.807, 2.05) is 13.8 Å². The minimum absolute atomic E-state index is 0.0663. The Bertz CT molecular complexity index is 488. The van der Waals surface area contributed by atoms with E-state index in [-0.39, 0.29) is 24.6 Å². The third kappa shape index (κ3) is 4.17. The van der Waals surface area contributed by atoms with E-state index in [1.54, 1.807) is 6.92 Å². The Morgan fingerprint density at radius 3 is 2.40 bits per heavy atom. The van der Waals surface area contributed by atoms with Gasteiger partial charge in [0.05, 0.1) is 18.7 Å². The van der Waals surface area contributed by atoms with Gasteiger partial charge >= 0.3 is 5.97 Å². The molecule has 8 heteroatoms. The summed E-state index contributed by atoms with van der Waals surface area (Å²) >= 11 is 0. The van der Waals surface area contributed by atoms with Gasteiger partial charge in [0.1, 0.15) is 0 Å². The molecule has 1 aliphatic rings. The standard InChI is InChI=1S/C12H22N2O5S/c1-9(2)12(3,7-11(16)17)13-10(15)8-14-5-4-6-20(14,18)19/h9H,4-8H2,1-3H3,(H,13,15)(H,16,17). The Hall–Kier alpha value is -1.15. The van der Waals surface area contributed by atoms with E-state index < -0.39 is 27.4 Å². The summed E-state index contributed by atoms with van der Waals surface area (Å²) in [6.45, 7) is 5.38. The first kappa shape index (κ1) is 16.9. The van der Waals surface area contributed by atoms with E-state index in [4.69, 9.17) is 5.11 Å². The van der Waals surface area contributed by atoms with Crippen LogP contribution in [0.2, 0.25) is 0 Å². The largest absolute Gasteiger partial charge is 0.481 e. The van der Waals surface area contributed by atoms with Crippen LogP contribution in [0.5, 0.6) is 0 Å². The number of hydrogen-bond donors (Lipinski definition) is 2. The lowest BCUT2D eigenvalue weighted by atomic mass is 9.85. The molecule has 0 spiro atoms. The van der Waals surface area contributed by atoms with Crippen LogP contribution < -0.4 is 5.32 Å². The zero-order valence-corrected chi connectivity index (χ0v) is 12.9. The van der Waals surface area contributed by atoms with Crippen LogP contribution in [-0.4, -0.2) is 54.1 Å². The molecule has 1 atom stereocenters. The topological polar surface area (TPSA) is 104 Å². The first-order valence-electron chi connectivity index (χ1n) is 6.57. The van der Waals surface area contributed by atoms with Crippen molar-refractivity contribution >= 4 is 21.9 Å². The number of sulfonamides is 1. The van der Waals surface area contributed by atoms with Crippen molar-refractivity contribution in [1.82, 2.24) is 9.62 Å². The van der Waals surface area contributed by atoms with E-state index in [2.05, 4.69) is 5.32 Å². The lowest BCUT2D eigenvalue weighted by molar-refractivity contribution is -0.139. The SMILES string of the molecule is CC(C)C(C)(CC(=O)O)NC(=O)CN1CCCS1(=O)=O. The first-order chi connectivity index (χ1) is 9.07. The summed E-state index contributed by atoms with van der Waals surface area (Å²) in [5.74, 6) is -1.49. The van der Waals surface area contributed by atoms with Gasteiger partial charge in [-0.25, -0.2) is 8.42 Å². The molecule has 116 valence electrons. The number of nitrogens with one attached hydrogen (secondary N) is 1. The van der Waals surface area contributed by atoms with Gasteiger partial charge in [-0.2, -0.15) is 4.31 Å². The van der Waals surface area contributed by atoms with Crippen LogP contribution in [0.4, 0.5) is 0 Å². The maximum atomic E-state index is 12.0. The number of hydrogen-bond acceptors (Lipinski definition) is 4. The van der Waals surface area contributed by atoms with Crippen LogP contribution >= 0.6 is 0 Å². The van der Waals surface area contributed by atoms with Crippen molar-refractivity contribution < 1.29 is 23.1 Å². The van der Waals surface area contributed by atoms with Gasteiger partial charge in [-0.15, -0.1) is 0 Å². The molecule has 0 aromatic heterocycles. The van der Waals surface area contributed by atoms with Gasteiger partial charge in [-0.05, 0) is 19.3 Å². The second-order valence-electron chi connectivity index (χ2n) is 5.69. The molecular weight excluding hydrogens is 284 g/mol. The molecule has 0 aliphatic carbocycles. The molecule has 0 bridgehead atoms. The molecule has 1 heterocycles. The van der Waals surface area contributed by atoms with Gasteiger partial charge in [-0.3, -0.25) is 9.59 Å². The summed E-state index contributed by atoms with van der Waals surface area (Å²) in [6.07, 6.45) is 0.315. The predicted octanol–water partition coefficient (Wildman–Crippen LogP) is 0.0275. The molecule has 0 aromatic rings. The van der Waals surface area contributed by atoms with Crippen molar-refractivity contribution in [3.8, 4) is 0 Å². The summed E-state index contributed by atoms with van der Waals surface area (Å²) in [7, 11) is -3.32. The van der Waals surface area contributed by atoms with Gasteiger partial charge in [-0.1, -0.05) is 13.8 Å². The Morgan fingerprint density at radius 2 is 2.00 bits per heavy atom. The number of rotatable bonds is 6. The van der Waals surface area contributed by atoms with Crippen LogP contribution in [0.3, 0.4) is 0 Å². The molecule has 0 aromatic carbocycles. The van der Waals surface area contributed by atoms with Crippen LogP contribution in [0.25, 0.3) is 0 Å². The van der Waals surface area contributed by atoms with Gasteiger partial charge in [0.15, 0.2) is 0 Å². The molecule has 20 heavy (non-hydrogen) atoms. The minimum Gasteiger partial charge on any atom is -0.481 e. The minimum atomic E-state index is -3.32. The molecule has 1 amide bonds. The monoisotopic (exact) mass is 306 g/mol. The Labute approximate surface area is 119 Å². The third-order valence-electron chi connectivity index (χ3n) is 3.74. The van der Waals surface area contributed by atoms with E-state index in [0.29, 0.717) is 13.0 Å². The van der Waals surface area contributed by atoms with Crippen molar-refractivity contribution in [2.75, 3.05) is 18.8 Å². The predicted molar refractivity (Wildman–Crippen MR) is 73.6 cm³/mol. The average Bonchev–Trinajstić information content (AvgIpc) is 2.56. The van der Waals surface area contributed by atoms with Gasteiger partial charge in [0.2, 0.25) is 15.9 Å². The van der Waals surface area contributed by atoms with Crippen molar-refractivity contribution in [1.29, 1.82) is 0 Å². The first-order valence-corrected chi connectivity index (χ1v) is 8.18. The highest BCUT2D eigenvalue weighted by atomic mass is 32.2. The fourth-order valence-electron chi connectivity index (χ4n) is 2.09. The molecule has 2 N–H and O–H groups in total. The third-order valence-corrected chi connectivity index (χ3v) is 5.64. The second kappa shape index (κ2) is 6.09. The van der Waals surface area contributed by atoms with Gasteiger partial charge < -0.3 is 10.4 Å². The van der Waals surface area contributed by atoms with Crippen molar-refractivity contribution in [3.05, 3.63) is 0 Å². The number of carbonyl (C=O) groups is 2. The van der Waals surface area contributed by atoms with E-state index in [9.17, 15) is 18.0 Å². The molecule has 0 saturated carbocycles. The average molecular weight is 306 g/mol. The van der Waals surface area contributed by atoms with E-state index in [1.165, 1.54) is 0 Å². The highest BCUT2D eigenvalue weighted by Gasteiger charge is 2.35. The quantitative estimate of drug-likeness (QED) is 0.720. The zero-order chi connectivity index (χ0) is 15.6. The van der Waals surface area contributed by atoms with Crippen LogP contribution in [0, 0.1) is 5.92 Å². The molecule has 1 aliphatic heterocycles.